The molecule has 5 heteroatoms. The zero-order valence-electron chi connectivity index (χ0n) is 14.1. The summed E-state index contributed by atoms with van der Waals surface area (Å²) < 4.78 is 0. The van der Waals surface area contributed by atoms with Crippen molar-refractivity contribution in [3.05, 3.63) is 11.6 Å². The highest BCUT2D eigenvalue weighted by atomic mass is 17.4. The maximum Gasteiger partial charge on any atom is 0.242 e. The Bertz CT molecular complexity index is 462. The van der Waals surface area contributed by atoms with Crippen LogP contribution in [0, 0.1) is 23.7 Å². The van der Waals surface area contributed by atoms with Gasteiger partial charge in [-0.25, -0.2) is 0 Å². The van der Waals surface area contributed by atoms with Gasteiger partial charge in [-0.2, -0.15) is 19.6 Å². The molecule has 0 amide bonds. The van der Waals surface area contributed by atoms with Gasteiger partial charge < -0.3 is 5.11 Å². The second-order valence-corrected chi connectivity index (χ2v) is 8.12. The van der Waals surface area contributed by atoms with E-state index in [9.17, 15) is 5.11 Å². The highest BCUT2D eigenvalue weighted by Crippen LogP contribution is 2.51. The number of aliphatic hydroxyl groups excluding tert-OH is 1. The molecule has 2 unspecified atom stereocenters. The van der Waals surface area contributed by atoms with Crippen molar-refractivity contribution in [2.45, 2.75) is 70.4 Å². The van der Waals surface area contributed by atoms with Crippen LogP contribution in [-0.4, -0.2) is 23.3 Å². The fourth-order valence-electron chi connectivity index (χ4n) is 4.66. The molecule has 1 saturated heterocycles. The van der Waals surface area contributed by atoms with E-state index in [4.69, 9.17) is 19.6 Å². The van der Waals surface area contributed by atoms with Crippen LogP contribution < -0.4 is 0 Å². The summed E-state index contributed by atoms with van der Waals surface area (Å²) in [6, 6.07) is 0. The van der Waals surface area contributed by atoms with E-state index in [1.165, 1.54) is 18.4 Å². The van der Waals surface area contributed by atoms with Crippen LogP contribution in [0.2, 0.25) is 0 Å². The Morgan fingerprint density at radius 3 is 2.35 bits per heavy atom. The summed E-state index contributed by atoms with van der Waals surface area (Å²) in [5.41, 5.74) is 1.50. The molecule has 130 valence electrons. The van der Waals surface area contributed by atoms with Gasteiger partial charge in [-0.05, 0) is 43.9 Å². The molecule has 2 spiro atoms. The van der Waals surface area contributed by atoms with Gasteiger partial charge in [-0.3, -0.25) is 0 Å². The third-order valence-corrected chi connectivity index (χ3v) is 6.37. The molecule has 1 heterocycles. The van der Waals surface area contributed by atoms with E-state index in [1.54, 1.807) is 0 Å². The van der Waals surface area contributed by atoms with E-state index < -0.39 is 11.6 Å². The molecule has 2 saturated carbocycles. The molecule has 0 aromatic heterocycles. The molecule has 2 bridgehead atoms. The summed E-state index contributed by atoms with van der Waals surface area (Å²) in [6.45, 7) is 4.52. The molecule has 5 rings (SSSR count). The van der Waals surface area contributed by atoms with Gasteiger partial charge in [0.05, 0.1) is 0 Å². The minimum atomic E-state index is -0.844. The molecule has 1 aliphatic heterocycles. The maximum atomic E-state index is 9.28. The third kappa shape index (κ3) is 2.67. The lowest BCUT2D eigenvalue weighted by Crippen LogP contribution is -2.58. The molecule has 0 aromatic carbocycles. The first kappa shape index (κ1) is 16.0. The van der Waals surface area contributed by atoms with E-state index in [0.717, 1.165) is 25.2 Å². The Morgan fingerprint density at radius 1 is 1.09 bits per heavy atom. The van der Waals surface area contributed by atoms with Gasteiger partial charge in [-0.1, -0.05) is 25.5 Å². The smallest absolute Gasteiger partial charge is 0.242 e. The largest absolute Gasteiger partial charge is 0.396 e. The summed E-state index contributed by atoms with van der Waals surface area (Å²) >= 11 is 0. The number of allylic oxidation sites excluding steroid dienone is 1. The molecular formula is C18H28O5. The standard InChI is InChI=1S/C18H28O5/c1-12-7-15-9-16(10-15)8-13(2)18(12)22-20-17(21-23-18)5-3-14(11-19)4-6-17/h7,12-14,16,19H,3-6,8-11H2,1-2H3. The summed E-state index contributed by atoms with van der Waals surface area (Å²) in [5, 5.41) is 9.28. The predicted molar refractivity (Wildman–Crippen MR) is 82.6 cm³/mol. The summed E-state index contributed by atoms with van der Waals surface area (Å²) in [5.74, 6) is -0.256. The average Bonchev–Trinajstić information content (AvgIpc) is 2.53. The van der Waals surface area contributed by atoms with E-state index in [0.29, 0.717) is 18.8 Å². The van der Waals surface area contributed by atoms with Crippen molar-refractivity contribution >= 4 is 0 Å². The van der Waals surface area contributed by atoms with Gasteiger partial charge in [0, 0.05) is 31.3 Å². The summed E-state index contributed by atoms with van der Waals surface area (Å²) in [6.07, 6.45) is 8.92. The normalized spacial score (nSPS) is 50.1. The highest BCUT2D eigenvalue weighted by molar-refractivity contribution is 5.18. The van der Waals surface area contributed by atoms with Crippen molar-refractivity contribution in [2.75, 3.05) is 6.61 Å². The van der Waals surface area contributed by atoms with Gasteiger partial charge in [0.15, 0.2) is 0 Å². The van der Waals surface area contributed by atoms with Crippen LogP contribution in [0.3, 0.4) is 0 Å². The van der Waals surface area contributed by atoms with Crippen LogP contribution in [0.4, 0.5) is 0 Å². The van der Waals surface area contributed by atoms with Gasteiger partial charge in [0.25, 0.3) is 0 Å². The van der Waals surface area contributed by atoms with Crippen molar-refractivity contribution in [1.29, 1.82) is 0 Å². The lowest BCUT2D eigenvalue weighted by atomic mass is 9.68. The molecule has 2 atom stereocenters. The molecule has 5 aliphatic rings. The van der Waals surface area contributed by atoms with Gasteiger partial charge in [0.2, 0.25) is 11.6 Å². The molecular weight excluding hydrogens is 296 g/mol. The molecule has 3 fully saturated rings. The average molecular weight is 324 g/mol. The Balaban J connectivity index is 1.48. The number of rotatable bonds is 1. The SMILES string of the molecule is CC1C=C2CC(C2)CC(C)C12OOC1(CCC(CO)CC1)OO2. The Hall–Kier alpha value is -0.460. The Morgan fingerprint density at radius 2 is 1.74 bits per heavy atom. The Labute approximate surface area is 137 Å². The fraction of sp³-hybridized carbons (Fsp3) is 0.889. The third-order valence-electron chi connectivity index (χ3n) is 6.37. The van der Waals surface area contributed by atoms with Crippen molar-refractivity contribution in [3.8, 4) is 0 Å². The van der Waals surface area contributed by atoms with Crippen LogP contribution in [-0.2, 0) is 19.6 Å². The minimum Gasteiger partial charge on any atom is -0.396 e. The maximum absolute atomic E-state index is 9.28. The van der Waals surface area contributed by atoms with Gasteiger partial charge >= 0.3 is 0 Å². The van der Waals surface area contributed by atoms with Gasteiger partial charge in [0.1, 0.15) is 0 Å². The number of hydrogen-bond acceptors (Lipinski definition) is 5. The highest BCUT2D eigenvalue weighted by Gasteiger charge is 2.56. The van der Waals surface area contributed by atoms with Crippen LogP contribution in [0.1, 0.15) is 58.8 Å². The first-order valence-electron chi connectivity index (χ1n) is 9.09. The van der Waals surface area contributed by atoms with Crippen LogP contribution in [0.15, 0.2) is 11.6 Å². The van der Waals surface area contributed by atoms with Crippen LogP contribution >= 0.6 is 0 Å². The number of aliphatic hydroxyl groups is 1. The lowest BCUT2D eigenvalue weighted by Gasteiger charge is -2.51. The van der Waals surface area contributed by atoms with Crippen LogP contribution in [0.25, 0.3) is 0 Å². The molecule has 23 heavy (non-hydrogen) atoms. The summed E-state index contributed by atoms with van der Waals surface area (Å²) in [4.78, 5) is 23.5. The monoisotopic (exact) mass is 324 g/mol. The Kier molecular flexibility index (Phi) is 4.05. The molecule has 1 N–H and O–H groups in total. The fourth-order valence-corrected chi connectivity index (χ4v) is 4.66. The molecule has 0 radical (unpaired) electrons. The van der Waals surface area contributed by atoms with E-state index in [-0.39, 0.29) is 18.4 Å². The molecule has 4 aliphatic carbocycles. The van der Waals surface area contributed by atoms with Crippen LogP contribution in [0.5, 0.6) is 0 Å². The molecule has 0 aromatic rings. The zero-order chi connectivity index (χ0) is 16.1. The first-order valence-corrected chi connectivity index (χ1v) is 9.09. The minimum absolute atomic E-state index is 0.0971. The second-order valence-electron chi connectivity index (χ2n) is 8.12. The van der Waals surface area contributed by atoms with E-state index >= 15 is 0 Å². The number of hydrogen-bond donors (Lipinski definition) is 1. The first-order chi connectivity index (χ1) is 11.1. The summed E-state index contributed by atoms with van der Waals surface area (Å²) in [7, 11) is 0. The second kappa shape index (κ2) is 5.81. The van der Waals surface area contributed by atoms with Crippen molar-refractivity contribution in [3.63, 3.8) is 0 Å². The topological polar surface area (TPSA) is 57.2 Å². The zero-order valence-corrected chi connectivity index (χ0v) is 14.1. The quantitative estimate of drug-likeness (QED) is 0.591. The van der Waals surface area contributed by atoms with Crippen molar-refractivity contribution in [1.82, 2.24) is 0 Å². The lowest BCUT2D eigenvalue weighted by molar-refractivity contribution is -0.672. The number of fused-ring (bicyclic) bond motifs is 2. The molecule has 5 nitrogen and oxygen atoms in total. The van der Waals surface area contributed by atoms with Gasteiger partial charge in [-0.15, -0.1) is 0 Å². The van der Waals surface area contributed by atoms with Crippen molar-refractivity contribution in [2.24, 2.45) is 23.7 Å². The van der Waals surface area contributed by atoms with Crippen molar-refractivity contribution < 1.29 is 24.7 Å². The predicted octanol–water partition coefficient (Wildman–Crippen LogP) is 3.48. The van der Waals surface area contributed by atoms with E-state index in [2.05, 4.69) is 19.9 Å². The van der Waals surface area contributed by atoms with E-state index in [1.807, 2.05) is 0 Å².